The lowest BCUT2D eigenvalue weighted by molar-refractivity contribution is 0.341. The van der Waals surface area contributed by atoms with Gasteiger partial charge in [0.05, 0.1) is 13.4 Å². The Morgan fingerprint density at radius 3 is 2.75 bits per heavy atom. The molecule has 0 atom stereocenters. The summed E-state index contributed by atoms with van der Waals surface area (Å²) in [5.41, 5.74) is 1.46. The van der Waals surface area contributed by atoms with Gasteiger partial charge in [-0.05, 0) is 24.6 Å². The SMILES string of the molecule is COC=Cc1ccc(C)cc1F. The second-order valence-corrected chi connectivity index (χ2v) is 2.56. The number of rotatable bonds is 2. The average molecular weight is 166 g/mol. The molecular formula is C10H11FO. The van der Waals surface area contributed by atoms with Gasteiger partial charge in [-0.15, -0.1) is 0 Å². The summed E-state index contributed by atoms with van der Waals surface area (Å²) >= 11 is 0. The Kier molecular flexibility index (Phi) is 2.86. The minimum absolute atomic E-state index is 0.219. The van der Waals surface area contributed by atoms with Crippen molar-refractivity contribution in [2.45, 2.75) is 6.92 Å². The monoisotopic (exact) mass is 166 g/mol. The molecule has 0 saturated carbocycles. The third-order valence-electron chi connectivity index (χ3n) is 1.54. The van der Waals surface area contributed by atoms with Crippen LogP contribution in [0.1, 0.15) is 11.1 Å². The van der Waals surface area contributed by atoms with Crippen LogP contribution in [-0.4, -0.2) is 7.11 Å². The third-order valence-corrected chi connectivity index (χ3v) is 1.54. The maximum Gasteiger partial charge on any atom is 0.130 e. The summed E-state index contributed by atoms with van der Waals surface area (Å²) in [7, 11) is 1.53. The molecule has 0 aromatic heterocycles. The van der Waals surface area contributed by atoms with E-state index in [-0.39, 0.29) is 5.82 Å². The van der Waals surface area contributed by atoms with E-state index in [1.165, 1.54) is 19.4 Å². The smallest absolute Gasteiger partial charge is 0.130 e. The molecule has 0 unspecified atom stereocenters. The number of methoxy groups -OCH3 is 1. The van der Waals surface area contributed by atoms with Crippen molar-refractivity contribution in [2.24, 2.45) is 0 Å². The first-order valence-electron chi connectivity index (χ1n) is 3.69. The molecule has 0 aliphatic carbocycles. The van der Waals surface area contributed by atoms with Gasteiger partial charge >= 0.3 is 0 Å². The number of halogens is 1. The van der Waals surface area contributed by atoms with Gasteiger partial charge in [0, 0.05) is 5.56 Å². The van der Waals surface area contributed by atoms with E-state index < -0.39 is 0 Å². The van der Waals surface area contributed by atoms with Crippen LogP contribution in [0, 0.1) is 12.7 Å². The normalized spacial score (nSPS) is 10.6. The molecule has 1 nitrogen and oxygen atoms in total. The Bertz CT molecular complexity index is 292. The quantitative estimate of drug-likeness (QED) is 0.614. The van der Waals surface area contributed by atoms with E-state index in [0.717, 1.165) is 5.56 Å². The van der Waals surface area contributed by atoms with E-state index in [4.69, 9.17) is 0 Å². The van der Waals surface area contributed by atoms with E-state index in [9.17, 15) is 4.39 Å². The highest BCUT2D eigenvalue weighted by atomic mass is 19.1. The van der Waals surface area contributed by atoms with Crippen molar-refractivity contribution in [1.82, 2.24) is 0 Å². The van der Waals surface area contributed by atoms with Gasteiger partial charge in [0.25, 0.3) is 0 Å². The van der Waals surface area contributed by atoms with Gasteiger partial charge < -0.3 is 4.74 Å². The fraction of sp³-hybridized carbons (Fsp3) is 0.200. The first-order valence-corrected chi connectivity index (χ1v) is 3.69. The molecule has 0 aliphatic heterocycles. The first kappa shape index (κ1) is 8.78. The van der Waals surface area contributed by atoms with Gasteiger partial charge in [0.15, 0.2) is 0 Å². The third kappa shape index (κ3) is 2.09. The Morgan fingerprint density at radius 2 is 2.17 bits per heavy atom. The van der Waals surface area contributed by atoms with E-state index in [0.29, 0.717) is 5.56 Å². The number of aryl methyl sites for hydroxylation is 1. The predicted octanol–water partition coefficient (Wildman–Crippen LogP) is 2.75. The fourth-order valence-corrected chi connectivity index (χ4v) is 0.909. The van der Waals surface area contributed by atoms with Crippen LogP contribution in [-0.2, 0) is 4.74 Å². The number of ether oxygens (including phenoxy) is 1. The predicted molar refractivity (Wildman–Crippen MR) is 47.2 cm³/mol. The molecule has 0 fully saturated rings. The second-order valence-electron chi connectivity index (χ2n) is 2.56. The standard InChI is InChI=1S/C10H11FO/c1-8-3-4-9(5-6-12-2)10(11)7-8/h3-7H,1-2H3. The Labute approximate surface area is 71.5 Å². The highest BCUT2D eigenvalue weighted by Gasteiger charge is 1.96. The maximum atomic E-state index is 13.1. The second kappa shape index (κ2) is 3.90. The molecule has 0 bridgehead atoms. The zero-order valence-corrected chi connectivity index (χ0v) is 7.17. The van der Waals surface area contributed by atoms with Crippen LogP contribution in [0.4, 0.5) is 4.39 Å². The van der Waals surface area contributed by atoms with Crippen LogP contribution in [0.25, 0.3) is 6.08 Å². The highest BCUT2D eigenvalue weighted by molar-refractivity contribution is 5.49. The minimum Gasteiger partial charge on any atom is -0.504 e. The zero-order chi connectivity index (χ0) is 8.97. The molecule has 0 amide bonds. The Morgan fingerprint density at radius 1 is 1.42 bits per heavy atom. The molecule has 1 aromatic carbocycles. The summed E-state index contributed by atoms with van der Waals surface area (Å²) in [5, 5.41) is 0. The van der Waals surface area contributed by atoms with E-state index in [1.807, 2.05) is 13.0 Å². The lowest BCUT2D eigenvalue weighted by atomic mass is 10.1. The minimum atomic E-state index is -0.219. The molecular weight excluding hydrogens is 155 g/mol. The van der Waals surface area contributed by atoms with E-state index in [1.54, 1.807) is 12.1 Å². The molecule has 2 heteroatoms. The largest absolute Gasteiger partial charge is 0.504 e. The molecule has 0 N–H and O–H groups in total. The molecule has 64 valence electrons. The van der Waals surface area contributed by atoms with Gasteiger partial charge in [0.2, 0.25) is 0 Å². The van der Waals surface area contributed by atoms with Crippen molar-refractivity contribution >= 4 is 6.08 Å². The summed E-state index contributed by atoms with van der Waals surface area (Å²) in [5.74, 6) is -0.219. The lowest BCUT2D eigenvalue weighted by Crippen LogP contribution is -1.83. The Balaban J connectivity index is 2.94. The summed E-state index contributed by atoms with van der Waals surface area (Å²) in [6.07, 6.45) is 3.04. The molecule has 0 heterocycles. The van der Waals surface area contributed by atoms with Crippen LogP contribution in [0.5, 0.6) is 0 Å². The van der Waals surface area contributed by atoms with Crippen molar-refractivity contribution in [3.05, 3.63) is 41.4 Å². The van der Waals surface area contributed by atoms with Crippen LogP contribution in [0.3, 0.4) is 0 Å². The molecule has 0 spiro atoms. The van der Waals surface area contributed by atoms with Crippen LogP contribution < -0.4 is 0 Å². The topological polar surface area (TPSA) is 9.23 Å². The van der Waals surface area contributed by atoms with Gasteiger partial charge in [0.1, 0.15) is 5.82 Å². The summed E-state index contributed by atoms with van der Waals surface area (Å²) in [6, 6.07) is 5.08. The summed E-state index contributed by atoms with van der Waals surface area (Å²) in [6.45, 7) is 1.85. The molecule has 0 saturated heterocycles. The number of benzene rings is 1. The van der Waals surface area contributed by atoms with E-state index in [2.05, 4.69) is 4.74 Å². The highest BCUT2D eigenvalue weighted by Crippen LogP contribution is 2.11. The number of hydrogen-bond acceptors (Lipinski definition) is 1. The first-order chi connectivity index (χ1) is 5.74. The van der Waals surface area contributed by atoms with Crippen molar-refractivity contribution in [1.29, 1.82) is 0 Å². The molecule has 0 aliphatic rings. The summed E-state index contributed by atoms with van der Waals surface area (Å²) < 4.78 is 17.8. The average Bonchev–Trinajstić information content (AvgIpc) is 2.03. The van der Waals surface area contributed by atoms with Crippen LogP contribution >= 0.6 is 0 Å². The van der Waals surface area contributed by atoms with Gasteiger partial charge in [-0.2, -0.15) is 0 Å². The zero-order valence-electron chi connectivity index (χ0n) is 7.17. The van der Waals surface area contributed by atoms with Gasteiger partial charge in [-0.3, -0.25) is 0 Å². The lowest BCUT2D eigenvalue weighted by Gasteiger charge is -1.97. The molecule has 1 rings (SSSR count). The molecule has 1 aromatic rings. The molecule has 0 radical (unpaired) electrons. The van der Waals surface area contributed by atoms with Gasteiger partial charge in [-0.25, -0.2) is 4.39 Å². The van der Waals surface area contributed by atoms with E-state index >= 15 is 0 Å². The van der Waals surface area contributed by atoms with Crippen LogP contribution in [0.15, 0.2) is 24.5 Å². The fourth-order valence-electron chi connectivity index (χ4n) is 0.909. The van der Waals surface area contributed by atoms with Gasteiger partial charge in [-0.1, -0.05) is 12.1 Å². The van der Waals surface area contributed by atoms with Crippen molar-refractivity contribution in [2.75, 3.05) is 7.11 Å². The van der Waals surface area contributed by atoms with Crippen molar-refractivity contribution in [3.8, 4) is 0 Å². The van der Waals surface area contributed by atoms with Crippen molar-refractivity contribution < 1.29 is 9.13 Å². The maximum absolute atomic E-state index is 13.1. The Hall–Kier alpha value is -1.31. The summed E-state index contributed by atoms with van der Waals surface area (Å²) in [4.78, 5) is 0. The van der Waals surface area contributed by atoms with Crippen LogP contribution in [0.2, 0.25) is 0 Å². The molecule has 12 heavy (non-hydrogen) atoms. The van der Waals surface area contributed by atoms with Crippen molar-refractivity contribution in [3.63, 3.8) is 0 Å². The number of hydrogen-bond donors (Lipinski definition) is 0.